The number of rotatable bonds is 2. The van der Waals surface area contributed by atoms with Crippen molar-refractivity contribution in [2.75, 3.05) is 6.79 Å². The Kier molecular flexibility index (Phi) is 16.0. The largest absolute Gasteiger partial charge is 0.411 e. The maximum atomic E-state index is 8.77. The van der Waals surface area contributed by atoms with Gasteiger partial charge in [0.05, 0.1) is 0 Å². The molecule has 6 heteroatoms. The van der Waals surface area contributed by atoms with Crippen molar-refractivity contribution in [3.63, 3.8) is 0 Å². The smallest absolute Gasteiger partial charge is 0.330 e. The zero-order chi connectivity index (χ0) is 5.91. The molecule has 0 atom stereocenters. The Morgan fingerprint density at radius 3 is 1.67 bits per heavy atom. The van der Waals surface area contributed by atoms with Crippen molar-refractivity contribution in [2.24, 2.45) is 0 Å². The first-order valence-electron chi connectivity index (χ1n) is 2.03. The molecule has 52 valence electrons. The molecule has 0 saturated carbocycles. The molecule has 0 aliphatic rings. The van der Waals surface area contributed by atoms with Gasteiger partial charge in [0.2, 0.25) is 0 Å². The Morgan fingerprint density at radius 2 is 1.67 bits per heavy atom. The summed E-state index contributed by atoms with van der Waals surface area (Å²) >= 11 is 0. The van der Waals surface area contributed by atoms with Crippen LogP contribution in [0.3, 0.4) is 0 Å². The summed E-state index contributed by atoms with van der Waals surface area (Å²) in [4.78, 5) is 8.77. The van der Waals surface area contributed by atoms with Crippen LogP contribution in [0.5, 0.6) is 0 Å². The van der Waals surface area contributed by atoms with Crippen LogP contribution in [0.25, 0.3) is 0 Å². The van der Waals surface area contributed by atoms with Crippen LogP contribution >= 0.6 is 0 Å². The molecule has 0 heterocycles. The topological polar surface area (TPSA) is 49.7 Å². The van der Waals surface area contributed by atoms with Crippen LogP contribution in [0.2, 0.25) is 13.1 Å². The molecule has 0 aromatic rings. The van der Waals surface area contributed by atoms with E-state index in [4.69, 9.17) is 9.90 Å². The van der Waals surface area contributed by atoms with E-state index in [1.54, 1.807) is 13.1 Å². The number of hydrogen-bond acceptors (Lipinski definition) is 3. The van der Waals surface area contributed by atoms with Gasteiger partial charge in [-0.2, -0.15) is 0 Å². The normalized spacial score (nSPS) is 9.33. The second-order valence-electron chi connectivity index (χ2n) is 1.72. The third-order valence-electron chi connectivity index (χ3n) is 0.418. The predicted octanol–water partition coefficient (Wildman–Crippen LogP) is -0.353. The van der Waals surface area contributed by atoms with Gasteiger partial charge in [-0.05, 0) is 13.1 Å². The molecular weight excluding hydrogens is 588 g/mol. The quantitative estimate of drug-likeness (QED) is 0.338. The Labute approximate surface area is 104 Å². The molecule has 9 heavy (non-hydrogen) atoms. The van der Waals surface area contributed by atoms with Gasteiger partial charge in [0, 0.05) is 62.2 Å². The minimum Gasteiger partial charge on any atom is -0.411 e. The summed E-state index contributed by atoms with van der Waals surface area (Å²) in [5.41, 5.74) is 0. The summed E-state index contributed by atoms with van der Waals surface area (Å²) in [5.74, 6) is 0. The Bertz CT molecular complexity index is 55.5. The number of aliphatic hydroxyl groups is 1. The van der Waals surface area contributed by atoms with Crippen molar-refractivity contribution >= 4 is 8.56 Å². The molecule has 0 amide bonds. The van der Waals surface area contributed by atoms with Crippen LogP contribution in [0.4, 0.5) is 0 Å². The van der Waals surface area contributed by atoms with E-state index in [2.05, 4.69) is 4.43 Å². The van der Waals surface area contributed by atoms with Crippen molar-refractivity contribution in [3.8, 4) is 0 Å². The standard InChI is InChI=1S/C3H10O3Si.2U/c1-7(2,5)6-3-4;;/h4-5H,3H2,1-2H3;;. The molecule has 0 spiro atoms. The molecule has 0 unspecified atom stereocenters. The zero-order valence-electron chi connectivity index (χ0n) is 5.51. The summed E-state index contributed by atoms with van der Waals surface area (Å²) in [6.45, 7) is 2.79. The average Bonchev–Trinajstić information content (AvgIpc) is 1.30. The van der Waals surface area contributed by atoms with Gasteiger partial charge < -0.3 is 14.3 Å². The fourth-order valence-electron chi connectivity index (χ4n) is 0.158. The van der Waals surface area contributed by atoms with Gasteiger partial charge in [-0.15, -0.1) is 0 Å². The van der Waals surface area contributed by atoms with Crippen molar-refractivity contribution in [1.82, 2.24) is 0 Å². The average molecular weight is 598 g/mol. The molecule has 3 nitrogen and oxygen atoms in total. The molecule has 0 bridgehead atoms. The van der Waals surface area contributed by atoms with E-state index in [-0.39, 0.29) is 69.0 Å². The van der Waals surface area contributed by atoms with E-state index in [1.807, 2.05) is 0 Å². The summed E-state index contributed by atoms with van der Waals surface area (Å²) in [7, 11) is -2.41. The van der Waals surface area contributed by atoms with Crippen LogP contribution in [0.1, 0.15) is 0 Å². The van der Waals surface area contributed by atoms with E-state index >= 15 is 0 Å². The Morgan fingerprint density at radius 1 is 1.33 bits per heavy atom. The number of hydrogen-bond donors (Lipinski definition) is 2. The number of aliphatic hydroxyl groups excluding tert-OH is 1. The second-order valence-corrected chi connectivity index (χ2v) is 4.90. The minimum atomic E-state index is -2.41. The van der Waals surface area contributed by atoms with Crippen molar-refractivity contribution in [1.29, 1.82) is 0 Å². The van der Waals surface area contributed by atoms with Crippen LogP contribution in [-0.4, -0.2) is 25.3 Å². The fourth-order valence-corrected chi connectivity index (χ4v) is 0.474. The third-order valence-corrected chi connectivity index (χ3v) is 1.25. The fraction of sp³-hybridized carbons (Fsp3) is 1.00. The van der Waals surface area contributed by atoms with Crippen molar-refractivity contribution in [2.45, 2.75) is 13.1 Å². The Balaban J connectivity index is -0.000000180. The van der Waals surface area contributed by atoms with Crippen molar-refractivity contribution in [3.05, 3.63) is 0 Å². The minimum absolute atomic E-state index is 0. The first-order valence-corrected chi connectivity index (χ1v) is 4.89. The van der Waals surface area contributed by atoms with E-state index in [0.29, 0.717) is 0 Å². The SMILES string of the molecule is C[Si](C)(O)OCO.[U].[U]. The van der Waals surface area contributed by atoms with E-state index in [1.165, 1.54) is 0 Å². The summed E-state index contributed by atoms with van der Waals surface area (Å²) < 4.78 is 4.48. The molecule has 0 aliphatic heterocycles. The maximum absolute atomic E-state index is 8.77. The first kappa shape index (κ1) is 17.3. The van der Waals surface area contributed by atoms with E-state index in [0.717, 1.165) is 0 Å². The Hall–Kier alpha value is 2.20. The van der Waals surface area contributed by atoms with Crippen LogP contribution in [0, 0.1) is 62.2 Å². The van der Waals surface area contributed by atoms with E-state index in [9.17, 15) is 0 Å². The molecule has 0 radical (unpaired) electrons. The zero-order valence-corrected chi connectivity index (χ0v) is 14.8. The summed E-state index contributed by atoms with van der Waals surface area (Å²) in [6.07, 6.45) is 0. The summed E-state index contributed by atoms with van der Waals surface area (Å²) in [5, 5.41) is 8.05. The van der Waals surface area contributed by atoms with Gasteiger partial charge in [-0.25, -0.2) is 0 Å². The van der Waals surface area contributed by atoms with Gasteiger partial charge in [0.25, 0.3) is 0 Å². The maximum Gasteiger partial charge on any atom is 0.330 e. The second kappa shape index (κ2) is 8.30. The van der Waals surface area contributed by atoms with Crippen LogP contribution < -0.4 is 0 Å². The van der Waals surface area contributed by atoms with Gasteiger partial charge in [0.15, 0.2) is 0 Å². The molecular formula is C3H10O3SiU2. The first-order chi connectivity index (χ1) is 3.06. The molecule has 0 fully saturated rings. The predicted molar refractivity (Wildman–Crippen MR) is 27.9 cm³/mol. The van der Waals surface area contributed by atoms with Crippen LogP contribution in [0.15, 0.2) is 0 Å². The molecule has 0 saturated heterocycles. The summed E-state index contributed by atoms with van der Waals surface area (Å²) in [6, 6.07) is 0. The van der Waals surface area contributed by atoms with Crippen LogP contribution in [-0.2, 0) is 4.43 Å². The molecule has 2 N–H and O–H groups in total. The van der Waals surface area contributed by atoms with Gasteiger partial charge in [0.1, 0.15) is 6.79 Å². The molecule has 0 aromatic heterocycles. The molecule has 0 rings (SSSR count). The van der Waals surface area contributed by atoms with E-state index < -0.39 is 8.56 Å². The van der Waals surface area contributed by atoms with Gasteiger partial charge in [-0.3, -0.25) is 0 Å². The monoisotopic (exact) mass is 598 g/mol. The molecule has 0 aliphatic carbocycles. The van der Waals surface area contributed by atoms with Gasteiger partial charge in [-0.1, -0.05) is 0 Å². The van der Waals surface area contributed by atoms with Gasteiger partial charge >= 0.3 is 8.56 Å². The third kappa shape index (κ3) is 17.8. The molecule has 0 aromatic carbocycles. The van der Waals surface area contributed by atoms with Crippen molar-refractivity contribution < 1.29 is 76.6 Å².